The molecule has 0 spiro atoms. The van der Waals surface area contributed by atoms with E-state index in [2.05, 4.69) is 54.6 Å². The second-order valence-corrected chi connectivity index (χ2v) is 8.34. The number of hydrogen-bond donors (Lipinski definition) is 2. The second-order valence-electron chi connectivity index (χ2n) is 7.95. The molecule has 2 fully saturated rings. The number of thiocarbonyl (C=S) groups is 1. The van der Waals surface area contributed by atoms with Gasteiger partial charge in [0, 0.05) is 25.6 Å². The molecular formula is C20H32N3S+. The standard InChI is InChI=1S/C20H31N3S/c1-22(2)11-6-12-23(15-16-7-4-3-5-8-16)20(24)21-19-14-17-9-10-18(19)13-17/h3-5,7-8,17-19H,6,9-15H2,1-2H3,(H,21,24)/p+1/t17-,18+,19-/m0/s1. The zero-order chi connectivity index (χ0) is 16.9. The van der Waals surface area contributed by atoms with Crippen LogP contribution in [0.25, 0.3) is 0 Å². The van der Waals surface area contributed by atoms with E-state index < -0.39 is 0 Å². The molecule has 0 saturated heterocycles. The zero-order valence-corrected chi connectivity index (χ0v) is 15.9. The number of nitrogens with one attached hydrogen (secondary N) is 2. The molecule has 3 rings (SSSR count). The van der Waals surface area contributed by atoms with Gasteiger partial charge in [0.2, 0.25) is 0 Å². The Morgan fingerprint density at radius 2 is 2.00 bits per heavy atom. The minimum absolute atomic E-state index is 0.619. The van der Waals surface area contributed by atoms with Crippen LogP contribution in [0.15, 0.2) is 30.3 Å². The highest BCUT2D eigenvalue weighted by Crippen LogP contribution is 2.44. The zero-order valence-electron chi connectivity index (χ0n) is 15.1. The molecule has 132 valence electrons. The maximum Gasteiger partial charge on any atom is 0.169 e. The SMILES string of the molecule is C[NH+](C)CCCN(Cc1ccccc1)C(=S)N[C@H]1C[C@H]2CC[C@@H]1C2. The lowest BCUT2D eigenvalue weighted by Crippen LogP contribution is -3.05. The predicted molar refractivity (Wildman–Crippen MR) is 104 cm³/mol. The van der Waals surface area contributed by atoms with Crippen LogP contribution in [-0.2, 0) is 6.54 Å². The Labute approximate surface area is 152 Å². The Balaban J connectivity index is 1.58. The van der Waals surface area contributed by atoms with E-state index in [1.54, 1.807) is 0 Å². The summed E-state index contributed by atoms with van der Waals surface area (Å²) in [6.07, 6.45) is 6.76. The van der Waals surface area contributed by atoms with Crippen LogP contribution in [0.1, 0.15) is 37.7 Å². The average molecular weight is 347 g/mol. The number of quaternary nitrogens is 1. The maximum absolute atomic E-state index is 5.81. The van der Waals surface area contributed by atoms with E-state index in [-0.39, 0.29) is 0 Å². The van der Waals surface area contributed by atoms with Gasteiger partial charge >= 0.3 is 0 Å². The van der Waals surface area contributed by atoms with Gasteiger partial charge in [0.1, 0.15) is 0 Å². The van der Waals surface area contributed by atoms with Crippen LogP contribution in [0.3, 0.4) is 0 Å². The van der Waals surface area contributed by atoms with E-state index in [1.165, 1.54) is 49.1 Å². The highest BCUT2D eigenvalue weighted by molar-refractivity contribution is 7.80. The van der Waals surface area contributed by atoms with Crippen molar-refractivity contribution < 1.29 is 4.90 Å². The first kappa shape index (κ1) is 17.7. The number of rotatable bonds is 7. The lowest BCUT2D eigenvalue weighted by Gasteiger charge is -2.31. The van der Waals surface area contributed by atoms with Crippen LogP contribution in [0.4, 0.5) is 0 Å². The van der Waals surface area contributed by atoms with E-state index in [1.807, 2.05) is 0 Å². The topological polar surface area (TPSA) is 19.7 Å². The Hall–Kier alpha value is -1.13. The molecule has 3 nitrogen and oxygen atoms in total. The molecule has 0 radical (unpaired) electrons. The van der Waals surface area contributed by atoms with E-state index in [4.69, 9.17) is 12.2 Å². The summed E-state index contributed by atoms with van der Waals surface area (Å²) in [4.78, 5) is 3.88. The first-order valence-electron chi connectivity index (χ1n) is 9.50. The van der Waals surface area contributed by atoms with Crippen molar-refractivity contribution in [2.45, 2.75) is 44.7 Å². The Kier molecular flexibility index (Phi) is 6.12. The molecule has 2 saturated carbocycles. The molecule has 4 heteroatoms. The van der Waals surface area contributed by atoms with Crippen molar-refractivity contribution in [1.82, 2.24) is 10.2 Å². The molecule has 0 amide bonds. The summed E-state index contributed by atoms with van der Waals surface area (Å²) in [6, 6.07) is 11.3. The van der Waals surface area contributed by atoms with Crippen LogP contribution in [0.5, 0.6) is 0 Å². The molecular weight excluding hydrogens is 314 g/mol. The van der Waals surface area contributed by atoms with Gasteiger partial charge in [-0.3, -0.25) is 0 Å². The van der Waals surface area contributed by atoms with Gasteiger partial charge in [-0.05, 0) is 48.9 Å². The molecule has 3 atom stereocenters. The van der Waals surface area contributed by atoms with Gasteiger partial charge in [-0.2, -0.15) is 0 Å². The molecule has 0 heterocycles. The smallest absolute Gasteiger partial charge is 0.169 e. The summed E-state index contributed by atoms with van der Waals surface area (Å²) >= 11 is 5.81. The van der Waals surface area contributed by atoms with Gasteiger partial charge < -0.3 is 15.1 Å². The second kappa shape index (κ2) is 8.30. The van der Waals surface area contributed by atoms with Crippen LogP contribution < -0.4 is 10.2 Å². The molecule has 24 heavy (non-hydrogen) atoms. The number of hydrogen-bond acceptors (Lipinski definition) is 1. The van der Waals surface area contributed by atoms with Crippen LogP contribution >= 0.6 is 12.2 Å². The minimum Gasteiger partial charge on any atom is -0.360 e. The molecule has 1 aromatic carbocycles. The van der Waals surface area contributed by atoms with Gasteiger partial charge in [-0.1, -0.05) is 36.8 Å². The summed E-state index contributed by atoms with van der Waals surface area (Å²) in [5.74, 6) is 1.81. The monoisotopic (exact) mass is 346 g/mol. The van der Waals surface area contributed by atoms with Crippen molar-refractivity contribution >= 4 is 17.3 Å². The van der Waals surface area contributed by atoms with Crippen molar-refractivity contribution in [3.05, 3.63) is 35.9 Å². The van der Waals surface area contributed by atoms with Crippen molar-refractivity contribution in [1.29, 1.82) is 0 Å². The van der Waals surface area contributed by atoms with E-state index in [0.717, 1.165) is 30.0 Å². The molecule has 1 aromatic rings. The lowest BCUT2D eigenvalue weighted by molar-refractivity contribution is -0.858. The third-order valence-electron chi connectivity index (χ3n) is 5.66. The summed E-state index contributed by atoms with van der Waals surface area (Å²) < 4.78 is 0. The van der Waals surface area contributed by atoms with Gasteiger partial charge in [0.15, 0.2) is 5.11 Å². The predicted octanol–water partition coefficient (Wildman–Crippen LogP) is 2.09. The maximum atomic E-state index is 5.81. The summed E-state index contributed by atoms with van der Waals surface area (Å²) in [5, 5.41) is 4.68. The van der Waals surface area contributed by atoms with Crippen LogP contribution in [0.2, 0.25) is 0 Å². The Morgan fingerprint density at radius 3 is 2.62 bits per heavy atom. The van der Waals surface area contributed by atoms with E-state index in [9.17, 15) is 0 Å². The molecule has 2 bridgehead atoms. The Morgan fingerprint density at radius 1 is 1.21 bits per heavy atom. The quantitative estimate of drug-likeness (QED) is 0.738. The number of benzene rings is 1. The van der Waals surface area contributed by atoms with Gasteiger partial charge in [0.25, 0.3) is 0 Å². The molecule has 2 aliphatic rings. The minimum atomic E-state index is 0.619. The summed E-state index contributed by atoms with van der Waals surface area (Å²) in [5.41, 5.74) is 1.34. The fourth-order valence-corrected chi connectivity index (χ4v) is 4.66. The van der Waals surface area contributed by atoms with Gasteiger partial charge in [0.05, 0.1) is 20.6 Å². The third kappa shape index (κ3) is 4.70. The largest absolute Gasteiger partial charge is 0.360 e. The highest BCUT2D eigenvalue weighted by Gasteiger charge is 2.40. The molecule has 0 unspecified atom stereocenters. The molecule has 2 N–H and O–H groups in total. The normalized spacial score (nSPS) is 25.2. The molecule has 0 aromatic heterocycles. The Bertz CT molecular complexity index is 531. The van der Waals surface area contributed by atoms with Crippen molar-refractivity contribution in [2.24, 2.45) is 11.8 Å². The fourth-order valence-electron chi connectivity index (χ4n) is 4.35. The van der Waals surface area contributed by atoms with Crippen LogP contribution in [-0.4, -0.2) is 43.2 Å². The highest BCUT2D eigenvalue weighted by atomic mass is 32.1. The van der Waals surface area contributed by atoms with Gasteiger partial charge in [-0.15, -0.1) is 0 Å². The molecule has 2 aliphatic carbocycles. The fraction of sp³-hybridized carbons (Fsp3) is 0.650. The third-order valence-corrected chi connectivity index (χ3v) is 6.03. The van der Waals surface area contributed by atoms with Crippen molar-refractivity contribution in [2.75, 3.05) is 27.2 Å². The summed E-state index contributed by atoms with van der Waals surface area (Å²) in [6.45, 7) is 3.13. The number of fused-ring (bicyclic) bond motifs is 2. The van der Waals surface area contributed by atoms with Crippen LogP contribution in [0, 0.1) is 11.8 Å². The van der Waals surface area contributed by atoms with E-state index >= 15 is 0 Å². The number of nitrogens with zero attached hydrogens (tertiary/aromatic N) is 1. The van der Waals surface area contributed by atoms with E-state index in [0.29, 0.717) is 6.04 Å². The van der Waals surface area contributed by atoms with Crippen molar-refractivity contribution in [3.63, 3.8) is 0 Å². The van der Waals surface area contributed by atoms with Crippen molar-refractivity contribution in [3.8, 4) is 0 Å². The summed E-state index contributed by atoms with van der Waals surface area (Å²) in [7, 11) is 4.43. The first-order valence-corrected chi connectivity index (χ1v) is 9.91. The lowest BCUT2D eigenvalue weighted by atomic mass is 9.95. The average Bonchev–Trinajstić information content (AvgIpc) is 3.17. The first-order chi connectivity index (χ1) is 11.6. The van der Waals surface area contributed by atoms with Gasteiger partial charge in [-0.25, -0.2) is 0 Å². The molecule has 0 aliphatic heterocycles.